The standard InChI is InChI=1S/C17H23Cl2NO4/c1-10(2)20(9-11(3)17(22)23-5)16(21)12(4)24-15-7-6-13(18)8-14(15)19/h6-8,10-12H,9H2,1-5H3. The lowest BCUT2D eigenvalue weighted by Gasteiger charge is -2.31. The van der Waals surface area contributed by atoms with Crippen LogP contribution in [0, 0.1) is 5.92 Å². The van der Waals surface area contributed by atoms with E-state index in [4.69, 9.17) is 32.7 Å². The maximum atomic E-state index is 12.7. The Morgan fingerprint density at radius 1 is 1.17 bits per heavy atom. The number of nitrogens with zero attached hydrogens (tertiary/aromatic N) is 1. The van der Waals surface area contributed by atoms with E-state index in [2.05, 4.69) is 0 Å². The number of carbonyl (C=O) groups excluding carboxylic acids is 2. The number of benzene rings is 1. The van der Waals surface area contributed by atoms with Crippen LogP contribution in [0.15, 0.2) is 18.2 Å². The van der Waals surface area contributed by atoms with Gasteiger partial charge in [-0.25, -0.2) is 0 Å². The molecular formula is C17H23Cl2NO4. The first-order valence-electron chi connectivity index (χ1n) is 7.67. The molecule has 0 spiro atoms. The van der Waals surface area contributed by atoms with Gasteiger partial charge in [0, 0.05) is 17.6 Å². The van der Waals surface area contributed by atoms with Crippen molar-refractivity contribution < 1.29 is 19.1 Å². The first-order chi connectivity index (χ1) is 11.2. The fourth-order valence-electron chi connectivity index (χ4n) is 2.17. The van der Waals surface area contributed by atoms with Gasteiger partial charge in [0.05, 0.1) is 18.1 Å². The maximum absolute atomic E-state index is 12.7. The molecule has 0 radical (unpaired) electrons. The van der Waals surface area contributed by atoms with Gasteiger partial charge in [0.25, 0.3) is 5.91 Å². The Bertz CT molecular complexity index is 592. The molecule has 0 aliphatic carbocycles. The Morgan fingerprint density at radius 2 is 1.79 bits per heavy atom. The molecule has 0 bridgehead atoms. The highest BCUT2D eigenvalue weighted by Gasteiger charge is 2.28. The zero-order valence-electron chi connectivity index (χ0n) is 14.5. The third-order valence-corrected chi connectivity index (χ3v) is 4.06. The molecule has 134 valence electrons. The van der Waals surface area contributed by atoms with Gasteiger partial charge in [-0.2, -0.15) is 0 Å². The largest absolute Gasteiger partial charge is 0.479 e. The summed E-state index contributed by atoms with van der Waals surface area (Å²) < 4.78 is 10.4. The second-order valence-electron chi connectivity index (χ2n) is 5.84. The molecule has 7 heteroatoms. The average molecular weight is 376 g/mol. The minimum atomic E-state index is -0.754. The van der Waals surface area contributed by atoms with Gasteiger partial charge in [-0.3, -0.25) is 9.59 Å². The molecule has 0 N–H and O–H groups in total. The molecule has 1 rings (SSSR count). The number of hydrogen-bond donors (Lipinski definition) is 0. The van der Waals surface area contributed by atoms with E-state index in [0.717, 1.165) is 0 Å². The molecule has 0 aromatic heterocycles. The Balaban J connectivity index is 2.84. The normalized spacial score (nSPS) is 13.3. The lowest BCUT2D eigenvalue weighted by Crippen LogP contribution is -2.47. The van der Waals surface area contributed by atoms with Gasteiger partial charge >= 0.3 is 5.97 Å². The summed E-state index contributed by atoms with van der Waals surface area (Å²) in [6.45, 7) is 7.38. The maximum Gasteiger partial charge on any atom is 0.310 e. The van der Waals surface area contributed by atoms with Gasteiger partial charge in [0.2, 0.25) is 0 Å². The lowest BCUT2D eigenvalue weighted by atomic mass is 10.1. The molecule has 1 amide bonds. The van der Waals surface area contributed by atoms with Crippen molar-refractivity contribution >= 4 is 35.1 Å². The number of rotatable bonds is 7. The summed E-state index contributed by atoms with van der Waals surface area (Å²) >= 11 is 11.9. The van der Waals surface area contributed by atoms with Gasteiger partial charge in [0.15, 0.2) is 6.10 Å². The SMILES string of the molecule is COC(=O)C(C)CN(C(=O)C(C)Oc1ccc(Cl)cc1Cl)C(C)C. The summed E-state index contributed by atoms with van der Waals surface area (Å²) in [5, 5.41) is 0.822. The van der Waals surface area contributed by atoms with Crippen LogP contribution in [0.2, 0.25) is 10.0 Å². The summed E-state index contributed by atoms with van der Waals surface area (Å²) in [5.41, 5.74) is 0. The summed E-state index contributed by atoms with van der Waals surface area (Å²) in [4.78, 5) is 25.9. The van der Waals surface area contributed by atoms with Crippen LogP contribution in [-0.2, 0) is 14.3 Å². The molecule has 5 nitrogen and oxygen atoms in total. The highest BCUT2D eigenvalue weighted by atomic mass is 35.5. The first kappa shape index (κ1) is 20.6. The molecule has 2 unspecified atom stereocenters. The van der Waals surface area contributed by atoms with E-state index >= 15 is 0 Å². The van der Waals surface area contributed by atoms with Crippen molar-refractivity contribution in [3.63, 3.8) is 0 Å². The molecule has 1 aromatic rings. The molecule has 0 aliphatic rings. The molecular weight excluding hydrogens is 353 g/mol. The average Bonchev–Trinajstić information content (AvgIpc) is 2.53. The fraction of sp³-hybridized carbons (Fsp3) is 0.529. The van der Waals surface area contributed by atoms with E-state index in [-0.39, 0.29) is 24.5 Å². The smallest absolute Gasteiger partial charge is 0.310 e. The minimum absolute atomic E-state index is 0.0867. The van der Waals surface area contributed by atoms with Crippen LogP contribution >= 0.6 is 23.2 Å². The number of halogens is 2. The number of carbonyl (C=O) groups is 2. The van der Waals surface area contributed by atoms with E-state index in [1.165, 1.54) is 7.11 Å². The molecule has 24 heavy (non-hydrogen) atoms. The summed E-state index contributed by atoms with van der Waals surface area (Å²) in [7, 11) is 1.33. The zero-order chi connectivity index (χ0) is 18.4. The highest BCUT2D eigenvalue weighted by molar-refractivity contribution is 6.35. The second-order valence-corrected chi connectivity index (χ2v) is 6.69. The predicted octanol–water partition coefficient (Wildman–Crippen LogP) is 3.81. The number of esters is 1. The molecule has 1 aromatic carbocycles. The van der Waals surface area contributed by atoms with E-state index in [9.17, 15) is 9.59 Å². The van der Waals surface area contributed by atoms with Gasteiger partial charge in [-0.05, 0) is 39.0 Å². The van der Waals surface area contributed by atoms with Crippen LogP contribution in [0.4, 0.5) is 0 Å². The summed E-state index contributed by atoms with van der Waals surface area (Å²) in [6, 6.07) is 4.72. The van der Waals surface area contributed by atoms with Crippen LogP contribution in [0.5, 0.6) is 5.75 Å². The first-order valence-corrected chi connectivity index (χ1v) is 8.43. The van der Waals surface area contributed by atoms with E-state index in [1.54, 1.807) is 36.9 Å². The van der Waals surface area contributed by atoms with Crippen molar-refractivity contribution in [1.29, 1.82) is 0 Å². The Hall–Kier alpha value is -1.46. The number of ether oxygens (including phenoxy) is 2. The number of hydrogen-bond acceptors (Lipinski definition) is 4. The van der Waals surface area contributed by atoms with Crippen molar-refractivity contribution in [3.8, 4) is 5.75 Å². The molecule has 2 atom stereocenters. The van der Waals surface area contributed by atoms with Crippen molar-refractivity contribution in [3.05, 3.63) is 28.2 Å². The van der Waals surface area contributed by atoms with Crippen molar-refractivity contribution in [2.75, 3.05) is 13.7 Å². The van der Waals surface area contributed by atoms with Crippen molar-refractivity contribution in [2.24, 2.45) is 5.92 Å². The Labute approximate surface area is 152 Å². The topological polar surface area (TPSA) is 55.8 Å². The quantitative estimate of drug-likeness (QED) is 0.679. The summed E-state index contributed by atoms with van der Waals surface area (Å²) in [6.07, 6.45) is -0.754. The molecule has 0 aliphatic heterocycles. The predicted molar refractivity (Wildman–Crippen MR) is 94.6 cm³/mol. The third kappa shape index (κ3) is 5.56. The van der Waals surface area contributed by atoms with Crippen molar-refractivity contribution in [2.45, 2.75) is 39.8 Å². The Morgan fingerprint density at radius 3 is 2.29 bits per heavy atom. The second kappa shape index (κ2) is 9.14. The zero-order valence-corrected chi connectivity index (χ0v) is 16.0. The van der Waals surface area contributed by atoms with Crippen LogP contribution in [0.3, 0.4) is 0 Å². The lowest BCUT2D eigenvalue weighted by molar-refractivity contribution is -0.148. The molecule has 0 heterocycles. The molecule has 0 saturated heterocycles. The fourth-order valence-corrected chi connectivity index (χ4v) is 2.62. The number of amides is 1. The minimum Gasteiger partial charge on any atom is -0.479 e. The van der Waals surface area contributed by atoms with Crippen LogP contribution < -0.4 is 4.74 Å². The highest BCUT2D eigenvalue weighted by Crippen LogP contribution is 2.28. The molecule has 0 saturated carbocycles. The van der Waals surface area contributed by atoms with Crippen molar-refractivity contribution in [1.82, 2.24) is 4.90 Å². The van der Waals surface area contributed by atoms with E-state index in [0.29, 0.717) is 15.8 Å². The molecule has 0 fully saturated rings. The van der Waals surface area contributed by atoms with E-state index < -0.39 is 12.0 Å². The van der Waals surface area contributed by atoms with Crippen LogP contribution in [-0.4, -0.2) is 42.6 Å². The van der Waals surface area contributed by atoms with Gasteiger partial charge < -0.3 is 14.4 Å². The monoisotopic (exact) mass is 375 g/mol. The van der Waals surface area contributed by atoms with Crippen LogP contribution in [0.25, 0.3) is 0 Å². The van der Waals surface area contributed by atoms with E-state index in [1.807, 2.05) is 13.8 Å². The van der Waals surface area contributed by atoms with Gasteiger partial charge in [0.1, 0.15) is 5.75 Å². The summed E-state index contributed by atoms with van der Waals surface area (Å²) in [5.74, 6) is -0.631. The van der Waals surface area contributed by atoms with Gasteiger partial charge in [-0.1, -0.05) is 30.1 Å². The van der Waals surface area contributed by atoms with Gasteiger partial charge in [-0.15, -0.1) is 0 Å². The van der Waals surface area contributed by atoms with Crippen LogP contribution in [0.1, 0.15) is 27.7 Å². The number of methoxy groups -OCH3 is 1. The Kier molecular flexibility index (Phi) is 7.84. The third-order valence-electron chi connectivity index (χ3n) is 3.53.